The number of thiophene rings is 1. The van der Waals surface area contributed by atoms with Gasteiger partial charge in [-0.15, -0.1) is 24.2 Å². The Balaban J connectivity index is 0.00000176. The Morgan fingerprint density at radius 2 is 1.92 bits per heavy atom. The van der Waals surface area contributed by atoms with Crippen LogP contribution in [-0.4, -0.2) is 26.6 Å². The number of nitrogens with one attached hydrogen (secondary N) is 2. The predicted octanol–water partition coefficient (Wildman–Crippen LogP) is 6.92. The molecule has 0 aliphatic rings. The summed E-state index contributed by atoms with van der Waals surface area (Å²) in [6, 6.07) is 8.57. The highest BCUT2D eigenvalue weighted by atomic mass is 32.1. The second-order valence-electron chi connectivity index (χ2n) is 8.57. The number of imidazole rings is 1. The minimum Gasteiger partial charge on any atom is -0.388 e. The molecule has 0 spiro atoms. The first kappa shape index (κ1) is 26.5. The summed E-state index contributed by atoms with van der Waals surface area (Å²) in [5.41, 5.74) is 8.49. The Morgan fingerprint density at radius 1 is 1.17 bits per heavy atom. The first-order valence-corrected chi connectivity index (χ1v) is 12.4. The number of fused-ring (bicyclic) bond motifs is 1. The fourth-order valence-corrected chi connectivity index (χ4v) is 4.94. The van der Waals surface area contributed by atoms with Crippen molar-refractivity contribution in [2.45, 2.75) is 27.2 Å². The smallest absolute Gasteiger partial charge is 0.138 e. The van der Waals surface area contributed by atoms with Crippen molar-refractivity contribution >= 4 is 33.5 Å². The van der Waals surface area contributed by atoms with Crippen LogP contribution in [0.25, 0.3) is 32.6 Å². The number of aromatic amines is 1. The average molecular weight is 496 g/mol. The molecule has 0 aliphatic heterocycles. The highest BCUT2D eigenvalue weighted by Crippen LogP contribution is 2.35. The molecule has 4 aromatic rings. The van der Waals surface area contributed by atoms with E-state index >= 15 is 0 Å². The molecule has 0 amide bonds. The number of allylic oxidation sites excluding steroid dienone is 5. The van der Waals surface area contributed by atoms with Crippen molar-refractivity contribution in [1.29, 1.82) is 0 Å². The molecular weight excluding hydrogens is 462 g/mol. The Bertz CT molecular complexity index is 1490. The van der Waals surface area contributed by atoms with Gasteiger partial charge >= 0.3 is 0 Å². The molecule has 4 heterocycles. The van der Waals surface area contributed by atoms with Gasteiger partial charge in [0.25, 0.3) is 0 Å². The van der Waals surface area contributed by atoms with Gasteiger partial charge in [-0.2, -0.15) is 0 Å². The van der Waals surface area contributed by atoms with E-state index in [9.17, 15) is 0 Å². The molecule has 6 heteroatoms. The lowest BCUT2D eigenvalue weighted by molar-refractivity contribution is 0.845. The third-order valence-electron chi connectivity index (χ3n) is 6.06. The van der Waals surface area contributed by atoms with Crippen LogP contribution >= 0.6 is 11.3 Å². The standard InChI is InChI=1S/C28H31N5S.C2H2/c1-17(2)26-10-11-27(34-26)22-12-13-30-28-23(22)15-21(32-28)14-19(4)24(29-6)9-8-18(3)25-16-31-20(5)33(25)7;1-2/h8-13,15-16,29H,1,4,14H2,2-3,5-7H3,(H,30,32);1-2H/b18-8+,24-9+;. The number of hydrogen-bond donors (Lipinski definition) is 2. The van der Waals surface area contributed by atoms with Gasteiger partial charge in [-0.3, -0.25) is 0 Å². The van der Waals surface area contributed by atoms with Crippen molar-refractivity contribution in [2.24, 2.45) is 7.05 Å². The van der Waals surface area contributed by atoms with Crippen LogP contribution in [0.3, 0.4) is 0 Å². The average Bonchev–Trinajstić information content (AvgIpc) is 3.59. The monoisotopic (exact) mass is 495 g/mol. The lowest BCUT2D eigenvalue weighted by atomic mass is 10.1. The van der Waals surface area contributed by atoms with Gasteiger partial charge in [0.05, 0.1) is 11.9 Å². The topological polar surface area (TPSA) is 58.5 Å². The number of H-pyrrole nitrogens is 1. The lowest BCUT2D eigenvalue weighted by Crippen LogP contribution is -2.09. The van der Waals surface area contributed by atoms with Crippen LogP contribution in [0.4, 0.5) is 0 Å². The third-order valence-corrected chi connectivity index (χ3v) is 7.34. The molecule has 0 radical (unpaired) electrons. The molecule has 4 rings (SSSR count). The van der Waals surface area contributed by atoms with E-state index in [2.05, 4.69) is 94.2 Å². The SMILES string of the molecule is C#C.C=C(Cc1cc2c(-c3ccc(C(=C)C)s3)ccnc2[nH]1)/C(=C\C=C(/C)c1cnc(C)n1C)NC. The molecule has 0 saturated carbocycles. The normalized spacial score (nSPS) is 11.8. The molecule has 0 atom stereocenters. The number of aromatic nitrogens is 4. The number of aryl methyl sites for hydroxylation is 1. The molecule has 0 aliphatic carbocycles. The van der Waals surface area contributed by atoms with Crippen molar-refractivity contribution in [3.05, 3.63) is 95.3 Å². The van der Waals surface area contributed by atoms with Gasteiger partial charge in [0.15, 0.2) is 0 Å². The summed E-state index contributed by atoms with van der Waals surface area (Å²) in [4.78, 5) is 14.9. The van der Waals surface area contributed by atoms with E-state index in [1.165, 1.54) is 15.3 Å². The molecule has 0 bridgehead atoms. The largest absolute Gasteiger partial charge is 0.388 e. The van der Waals surface area contributed by atoms with Crippen LogP contribution in [0, 0.1) is 19.8 Å². The molecule has 184 valence electrons. The van der Waals surface area contributed by atoms with Crippen molar-refractivity contribution in [3.63, 3.8) is 0 Å². The van der Waals surface area contributed by atoms with Crippen molar-refractivity contribution in [3.8, 4) is 23.3 Å². The van der Waals surface area contributed by atoms with Crippen LogP contribution in [-0.2, 0) is 13.5 Å². The number of terminal acetylenes is 1. The van der Waals surface area contributed by atoms with Gasteiger partial charge < -0.3 is 14.9 Å². The van der Waals surface area contributed by atoms with Gasteiger partial charge in [0.2, 0.25) is 0 Å². The zero-order valence-corrected chi connectivity index (χ0v) is 22.5. The summed E-state index contributed by atoms with van der Waals surface area (Å²) >= 11 is 1.76. The van der Waals surface area contributed by atoms with Gasteiger partial charge in [0, 0.05) is 58.8 Å². The second-order valence-corrected chi connectivity index (χ2v) is 9.65. The van der Waals surface area contributed by atoms with E-state index in [0.29, 0.717) is 6.42 Å². The molecule has 2 N–H and O–H groups in total. The van der Waals surface area contributed by atoms with E-state index in [1.54, 1.807) is 11.3 Å². The van der Waals surface area contributed by atoms with Crippen molar-refractivity contribution in [1.82, 2.24) is 24.8 Å². The lowest BCUT2D eigenvalue weighted by Gasteiger charge is -2.09. The molecule has 0 unspecified atom stereocenters. The molecular formula is C30H33N5S. The minimum absolute atomic E-state index is 0.696. The van der Waals surface area contributed by atoms with E-state index in [-0.39, 0.29) is 0 Å². The quantitative estimate of drug-likeness (QED) is 0.206. The summed E-state index contributed by atoms with van der Waals surface area (Å²) < 4.78 is 2.09. The maximum absolute atomic E-state index is 4.56. The molecule has 0 saturated heterocycles. The van der Waals surface area contributed by atoms with Crippen molar-refractivity contribution < 1.29 is 0 Å². The zero-order valence-electron chi connectivity index (χ0n) is 21.6. The molecule has 0 fully saturated rings. The van der Waals surface area contributed by atoms with E-state index in [0.717, 1.165) is 50.7 Å². The maximum Gasteiger partial charge on any atom is 0.138 e. The number of nitrogens with zero attached hydrogens (tertiary/aromatic N) is 3. The van der Waals surface area contributed by atoms with E-state index < -0.39 is 0 Å². The van der Waals surface area contributed by atoms with Gasteiger partial charge in [-0.1, -0.05) is 19.2 Å². The fourth-order valence-electron chi connectivity index (χ4n) is 3.97. The Morgan fingerprint density at radius 3 is 2.53 bits per heavy atom. The minimum atomic E-state index is 0.696. The van der Waals surface area contributed by atoms with Gasteiger partial charge in [-0.05, 0) is 67.8 Å². The molecule has 5 nitrogen and oxygen atoms in total. The molecule has 0 aromatic carbocycles. The Kier molecular flexibility index (Phi) is 8.52. The second kappa shape index (κ2) is 11.6. The van der Waals surface area contributed by atoms with Crippen LogP contribution < -0.4 is 5.32 Å². The first-order chi connectivity index (χ1) is 17.3. The first-order valence-electron chi connectivity index (χ1n) is 11.6. The van der Waals surface area contributed by atoms with Crippen LogP contribution in [0.5, 0.6) is 0 Å². The predicted molar refractivity (Wildman–Crippen MR) is 156 cm³/mol. The summed E-state index contributed by atoms with van der Waals surface area (Å²) in [5, 5.41) is 4.41. The van der Waals surface area contributed by atoms with E-state index in [1.807, 2.05) is 40.3 Å². The fraction of sp³-hybridized carbons (Fsp3) is 0.200. The summed E-state index contributed by atoms with van der Waals surface area (Å²) in [7, 11) is 3.96. The van der Waals surface area contributed by atoms with Crippen LogP contribution in [0.1, 0.15) is 35.9 Å². The Hall–Kier alpha value is -4.08. The maximum atomic E-state index is 4.56. The van der Waals surface area contributed by atoms with E-state index in [4.69, 9.17) is 0 Å². The third kappa shape index (κ3) is 5.59. The van der Waals surface area contributed by atoms with Crippen LogP contribution in [0.2, 0.25) is 0 Å². The molecule has 4 aromatic heterocycles. The van der Waals surface area contributed by atoms with Gasteiger partial charge in [-0.25, -0.2) is 9.97 Å². The number of pyridine rings is 1. The van der Waals surface area contributed by atoms with Gasteiger partial charge in [0.1, 0.15) is 11.5 Å². The zero-order chi connectivity index (χ0) is 26.4. The summed E-state index contributed by atoms with van der Waals surface area (Å²) in [5.74, 6) is 0.996. The summed E-state index contributed by atoms with van der Waals surface area (Å²) in [6.07, 6.45) is 16.7. The number of likely N-dealkylation sites (N-methyl/N-ethyl adjacent to an activating group) is 1. The summed E-state index contributed by atoms with van der Waals surface area (Å²) in [6.45, 7) is 14.6. The highest BCUT2D eigenvalue weighted by Gasteiger charge is 2.12. The van der Waals surface area contributed by atoms with Crippen LogP contribution in [0.15, 0.2) is 73.2 Å². The molecule has 36 heavy (non-hydrogen) atoms. The van der Waals surface area contributed by atoms with Crippen molar-refractivity contribution in [2.75, 3.05) is 7.05 Å². The number of hydrogen-bond acceptors (Lipinski definition) is 4. The Labute approximate surface area is 218 Å². The number of rotatable bonds is 8. The highest BCUT2D eigenvalue weighted by molar-refractivity contribution is 7.16.